The predicted octanol–water partition coefficient (Wildman–Crippen LogP) is 24.2. The van der Waals surface area contributed by atoms with Crippen LogP contribution in [0.1, 0.15) is 400 Å². The highest BCUT2D eigenvalue weighted by molar-refractivity contribution is 5.71. The Labute approximate surface area is 487 Å². The van der Waals surface area contributed by atoms with Crippen molar-refractivity contribution in [2.45, 2.75) is 406 Å². The van der Waals surface area contributed by atoms with E-state index in [-0.39, 0.29) is 31.1 Å². The summed E-state index contributed by atoms with van der Waals surface area (Å²) in [5.41, 5.74) is 0. The summed E-state index contributed by atoms with van der Waals surface area (Å²) in [5.74, 6) is -0.857. The predicted molar refractivity (Wildman–Crippen MR) is 340 cm³/mol. The highest BCUT2D eigenvalue weighted by atomic mass is 16.6. The molecule has 0 fully saturated rings. The van der Waals surface area contributed by atoms with Crippen LogP contribution >= 0.6 is 0 Å². The molecule has 0 aromatic rings. The van der Waals surface area contributed by atoms with Gasteiger partial charge in [-0.05, 0) is 44.9 Å². The maximum absolute atomic E-state index is 12.9. The Morgan fingerprint density at radius 1 is 0.256 bits per heavy atom. The third kappa shape index (κ3) is 64.7. The van der Waals surface area contributed by atoms with Crippen LogP contribution in [0.15, 0.2) is 24.3 Å². The van der Waals surface area contributed by atoms with Gasteiger partial charge in [0.25, 0.3) is 0 Å². The van der Waals surface area contributed by atoms with Crippen molar-refractivity contribution in [2.24, 2.45) is 0 Å². The number of esters is 3. The number of unbranched alkanes of at least 4 members (excludes halogenated alkanes) is 51. The van der Waals surface area contributed by atoms with Crippen LogP contribution in [0.3, 0.4) is 0 Å². The van der Waals surface area contributed by atoms with Gasteiger partial charge in [-0.1, -0.05) is 360 Å². The van der Waals surface area contributed by atoms with Crippen molar-refractivity contribution in [2.75, 3.05) is 13.2 Å². The van der Waals surface area contributed by atoms with Crippen molar-refractivity contribution in [1.29, 1.82) is 0 Å². The number of allylic oxidation sites excluding steroid dienone is 4. The first kappa shape index (κ1) is 75.9. The molecule has 0 spiro atoms. The number of hydrogen-bond acceptors (Lipinski definition) is 6. The molecule has 6 nitrogen and oxygen atoms in total. The average molecular weight is 1100 g/mol. The van der Waals surface area contributed by atoms with Crippen LogP contribution in [0, 0.1) is 0 Å². The third-order valence-electron chi connectivity index (χ3n) is 16.2. The Balaban J connectivity index is 4.04. The smallest absolute Gasteiger partial charge is 0.306 e. The van der Waals surface area contributed by atoms with E-state index in [2.05, 4.69) is 45.1 Å². The van der Waals surface area contributed by atoms with Gasteiger partial charge in [-0.15, -0.1) is 0 Å². The molecule has 0 aliphatic carbocycles. The highest BCUT2D eigenvalue weighted by Crippen LogP contribution is 2.19. The summed E-state index contributed by atoms with van der Waals surface area (Å²) < 4.78 is 16.9. The zero-order valence-electron chi connectivity index (χ0n) is 53.0. The zero-order chi connectivity index (χ0) is 56.4. The van der Waals surface area contributed by atoms with Gasteiger partial charge in [-0.2, -0.15) is 0 Å². The van der Waals surface area contributed by atoms with E-state index < -0.39 is 6.10 Å². The molecule has 0 radical (unpaired) electrons. The summed E-state index contributed by atoms with van der Waals surface area (Å²) >= 11 is 0. The number of carbonyl (C=O) groups is 3. The molecule has 0 aliphatic rings. The summed E-state index contributed by atoms with van der Waals surface area (Å²) in [7, 11) is 0. The number of hydrogen-bond donors (Lipinski definition) is 0. The Hall–Kier alpha value is -2.11. The molecule has 0 amide bonds. The second-order valence-corrected chi connectivity index (χ2v) is 24.2. The van der Waals surface area contributed by atoms with Gasteiger partial charge < -0.3 is 14.2 Å². The molecule has 0 rings (SSSR count). The van der Waals surface area contributed by atoms with Crippen LogP contribution in [0.5, 0.6) is 0 Å². The van der Waals surface area contributed by atoms with Gasteiger partial charge >= 0.3 is 17.9 Å². The van der Waals surface area contributed by atoms with E-state index in [0.29, 0.717) is 19.3 Å². The molecule has 0 saturated carbocycles. The van der Waals surface area contributed by atoms with Crippen molar-refractivity contribution >= 4 is 17.9 Å². The molecule has 0 saturated heterocycles. The third-order valence-corrected chi connectivity index (χ3v) is 16.2. The lowest BCUT2D eigenvalue weighted by Crippen LogP contribution is -2.30. The normalized spacial score (nSPS) is 12.1. The van der Waals surface area contributed by atoms with Crippen molar-refractivity contribution < 1.29 is 28.6 Å². The monoisotopic (exact) mass is 1100 g/mol. The maximum Gasteiger partial charge on any atom is 0.306 e. The minimum atomic E-state index is -0.773. The van der Waals surface area contributed by atoms with Gasteiger partial charge in [0.15, 0.2) is 6.10 Å². The fraction of sp³-hybridized carbons (Fsp3) is 0.903. The molecule has 6 heteroatoms. The van der Waals surface area contributed by atoms with E-state index in [9.17, 15) is 14.4 Å². The zero-order valence-corrected chi connectivity index (χ0v) is 53.0. The number of rotatable bonds is 66. The molecular weight excluding hydrogens is 961 g/mol. The number of ether oxygens (including phenoxy) is 3. The van der Waals surface area contributed by atoms with Crippen molar-refractivity contribution in [3.63, 3.8) is 0 Å². The Morgan fingerprint density at radius 3 is 0.756 bits per heavy atom. The van der Waals surface area contributed by atoms with Gasteiger partial charge in [-0.25, -0.2) is 0 Å². The molecule has 78 heavy (non-hydrogen) atoms. The molecule has 460 valence electrons. The van der Waals surface area contributed by atoms with Gasteiger partial charge in [-0.3, -0.25) is 14.4 Å². The van der Waals surface area contributed by atoms with Gasteiger partial charge in [0, 0.05) is 19.3 Å². The maximum atomic E-state index is 12.9. The van der Waals surface area contributed by atoms with Gasteiger partial charge in [0.05, 0.1) is 0 Å². The fourth-order valence-corrected chi connectivity index (χ4v) is 10.9. The molecular formula is C72H136O6. The first-order chi connectivity index (χ1) is 38.5. The summed E-state index contributed by atoms with van der Waals surface area (Å²) in [4.78, 5) is 38.3. The fourth-order valence-electron chi connectivity index (χ4n) is 10.9. The van der Waals surface area contributed by atoms with Crippen molar-refractivity contribution in [3.05, 3.63) is 24.3 Å². The Bertz CT molecular complexity index is 1260. The van der Waals surface area contributed by atoms with Gasteiger partial charge in [0.1, 0.15) is 13.2 Å². The van der Waals surface area contributed by atoms with E-state index in [0.717, 1.165) is 83.5 Å². The second-order valence-electron chi connectivity index (χ2n) is 24.2. The van der Waals surface area contributed by atoms with Crippen LogP contribution in [0.2, 0.25) is 0 Å². The molecule has 0 aromatic carbocycles. The molecule has 0 heterocycles. The molecule has 0 aliphatic heterocycles. The number of carbonyl (C=O) groups excluding carboxylic acids is 3. The average Bonchev–Trinajstić information content (AvgIpc) is 3.44. The lowest BCUT2D eigenvalue weighted by molar-refractivity contribution is -0.167. The summed E-state index contributed by atoms with van der Waals surface area (Å²) in [5, 5.41) is 0. The van der Waals surface area contributed by atoms with E-state index in [1.807, 2.05) is 0 Å². The summed E-state index contributed by atoms with van der Waals surface area (Å²) in [6, 6.07) is 0. The van der Waals surface area contributed by atoms with Crippen LogP contribution in [-0.2, 0) is 28.6 Å². The van der Waals surface area contributed by atoms with Crippen molar-refractivity contribution in [1.82, 2.24) is 0 Å². The van der Waals surface area contributed by atoms with E-state index in [1.165, 1.54) is 276 Å². The van der Waals surface area contributed by atoms with Crippen LogP contribution in [0.25, 0.3) is 0 Å². The van der Waals surface area contributed by atoms with Gasteiger partial charge in [0.2, 0.25) is 0 Å². The highest BCUT2D eigenvalue weighted by Gasteiger charge is 2.19. The van der Waals surface area contributed by atoms with E-state index in [1.54, 1.807) is 0 Å². The first-order valence-electron chi connectivity index (χ1n) is 35.3. The van der Waals surface area contributed by atoms with E-state index in [4.69, 9.17) is 14.2 Å². The Morgan fingerprint density at radius 2 is 0.487 bits per heavy atom. The second kappa shape index (κ2) is 67.4. The molecule has 1 unspecified atom stereocenters. The lowest BCUT2D eigenvalue weighted by Gasteiger charge is -2.18. The minimum absolute atomic E-state index is 0.0697. The minimum Gasteiger partial charge on any atom is -0.462 e. The van der Waals surface area contributed by atoms with Crippen molar-refractivity contribution in [3.8, 4) is 0 Å². The standard InChI is InChI=1S/C72H136O6/c1-4-7-10-13-16-19-22-25-27-28-29-30-31-32-33-34-35-36-37-38-39-40-41-42-43-44-45-48-50-53-56-59-62-65-71(74)77-68-69(67-76-70(73)64-61-58-55-52-49-46-24-21-18-15-12-9-6-3)78-72(75)66-63-60-57-54-51-47-26-23-20-17-14-11-8-5-2/h12,15,21,24,69H,4-11,13-14,16-20,22-23,25-68H2,1-3H3/b15-12-,24-21-. The SMILES string of the molecule is CCC/C=C\C/C=C\CCCCCCCC(=O)OCC(COC(=O)CCCCCCCCCCCCCCCCCCCCCCCCCCCCCCCCCCC)OC(=O)CCCCCCCCCCCCCCCC. The van der Waals surface area contributed by atoms with Crippen LogP contribution < -0.4 is 0 Å². The molecule has 0 bridgehead atoms. The quantitative estimate of drug-likeness (QED) is 0.0261. The Kier molecular flexibility index (Phi) is 65.6. The summed E-state index contributed by atoms with van der Waals surface area (Å²) in [6.45, 7) is 6.64. The lowest BCUT2D eigenvalue weighted by atomic mass is 10.0. The molecule has 1 atom stereocenters. The molecule has 0 aromatic heterocycles. The first-order valence-corrected chi connectivity index (χ1v) is 35.3. The van der Waals surface area contributed by atoms with E-state index >= 15 is 0 Å². The summed E-state index contributed by atoms with van der Waals surface area (Å²) in [6.07, 6.45) is 82.3. The van der Waals surface area contributed by atoms with Crippen LogP contribution in [-0.4, -0.2) is 37.2 Å². The van der Waals surface area contributed by atoms with Crippen LogP contribution in [0.4, 0.5) is 0 Å². The molecule has 0 N–H and O–H groups in total. The largest absolute Gasteiger partial charge is 0.462 e. The topological polar surface area (TPSA) is 78.9 Å².